The Morgan fingerprint density at radius 3 is 2.89 bits per heavy atom. The predicted molar refractivity (Wildman–Crippen MR) is 73.3 cm³/mol. The van der Waals surface area contributed by atoms with Gasteiger partial charge >= 0.3 is 0 Å². The molecule has 0 aliphatic carbocycles. The van der Waals surface area contributed by atoms with Crippen LogP contribution in [-0.4, -0.2) is 21.5 Å². The third kappa shape index (κ3) is 3.68. The average molecular weight is 276 g/mol. The van der Waals surface area contributed by atoms with Crippen LogP contribution in [0.3, 0.4) is 0 Å². The van der Waals surface area contributed by atoms with Crippen molar-refractivity contribution < 1.29 is 5.11 Å². The molecular weight excluding hydrogens is 264 g/mol. The molecule has 5 nitrogen and oxygen atoms in total. The smallest absolute Gasteiger partial charge is 0.265 e. The lowest BCUT2D eigenvalue weighted by atomic mass is 10.4. The quantitative estimate of drug-likeness (QED) is 0.796. The second-order valence-electron chi connectivity index (χ2n) is 3.78. The Balaban J connectivity index is 2.16. The van der Waals surface area contributed by atoms with Gasteiger partial charge in [-0.15, -0.1) is 11.3 Å². The Bertz CT molecular complexity index is 730. The standard InChI is InChI=1S/C13H12N2O3S/c16-8-2-1-3-10-4-5-11(19-10)9-15-13(18)7-6-12(17)14-15/h4-7,16H,2,8-9H2,(H,14,17). The van der Waals surface area contributed by atoms with Crippen molar-refractivity contribution in [1.29, 1.82) is 0 Å². The summed E-state index contributed by atoms with van der Waals surface area (Å²) in [5, 5.41) is 11.1. The Kier molecular flexibility index (Phi) is 4.34. The zero-order valence-electron chi connectivity index (χ0n) is 10.0. The van der Waals surface area contributed by atoms with Gasteiger partial charge in [0.05, 0.1) is 18.0 Å². The summed E-state index contributed by atoms with van der Waals surface area (Å²) in [7, 11) is 0. The number of rotatable bonds is 3. The molecule has 0 aliphatic rings. The van der Waals surface area contributed by atoms with E-state index in [1.807, 2.05) is 12.1 Å². The lowest BCUT2D eigenvalue weighted by Crippen LogP contribution is -2.28. The van der Waals surface area contributed by atoms with Crippen molar-refractivity contribution in [3.63, 3.8) is 0 Å². The Morgan fingerprint density at radius 1 is 1.26 bits per heavy atom. The SMILES string of the molecule is O=c1ccc(=O)n(Cc2ccc(C#CCCO)s2)[nH]1. The molecule has 2 rings (SSSR count). The topological polar surface area (TPSA) is 75.1 Å². The number of aromatic amines is 1. The fourth-order valence-corrected chi connectivity index (χ4v) is 2.34. The largest absolute Gasteiger partial charge is 0.395 e. The number of nitrogens with one attached hydrogen (secondary N) is 1. The van der Waals surface area contributed by atoms with Crippen LogP contribution in [0, 0.1) is 11.8 Å². The van der Waals surface area contributed by atoms with Gasteiger partial charge in [-0.2, -0.15) is 0 Å². The van der Waals surface area contributed by atoms with Crippen molar-refractivity contribution in [2.24, 2.45) is 0 Å². The molecule has 2 heterocycles. The minimum absolute atomic E-state index is 0.0475. The van der Waals surface area contributed by atoms with E-state index in [0.717, 1.165) is 9.75 Å². The van der Waals surface area contributed by atoms with Crippen LogP contribution in [0.5, 0.6) is 0 Å². The van der Waals surface area contributed by atoms with E-state index in [9.17, 15) is 9.59 Å². The van der Waals surface area contributed by atoms with Crippen LogP contribution in [0.1, 0.15) is 16.2 Å². The van der Waals surface area contributed by atoms with Crippen molar-refractivity contribution in [3.8, 4) is 11.8 Å². The first-order valence-corrected chi connectivity index (χ1v) is 6.49. The number of aromatic nitrogens is 2. The summed E-state index contributed by atoms with van der Waals surface area (Å²) in [6, 6.07) is 6.18. The maximum atomic E-state index is 11.5. The van der Waals surface area contributed by atoms with Gasteiger partial charge in [0.2, 0.25) is 0 Å². The van der Waals surface area contributed by atoms with E-state index in [1.54, 1.807) is 0 Å². The molecule has 2 aromatic heterocycles. The van der Waals surface area contributed by atoms with Gasteiger partial charge in [0.15, 0.2) is 0 Å². The van der Waals surface area contributed by atoms with Crippen LogP contribution in [0.15, 0.2) is 33.9 Å². The maximum absolute atomic E-state index is 11.5. The Hall–Kier alpha value is -2.10. The fraction of sp³-hybridized carbons (Fsp3) is 0.231. The maximum Gasteiger partial charge on any atom is 0.265 e. The molecule has 0 spiro atoms. The molecule has 0 amide bonds. The van der Waals surface area contributed by atoms with Crippen LogP contribution < -0.4 is 11.1 Å². The molecule has 0 radical (unpaired) electrons. The highest BCUT2D eigenvalue weighted by atomic mass is 32.1. The summed E-state index contributed by atoms with van der Waals surface area (Å²) in [6.07, 6.45) is 0.443. The summed E-state index contributed by atoms with van der Waals surface area (Å²) < 4.78 is 1.26. The minimum atomic E-state index is -0.306. The van der Waals surface area contributed by atoms with E-state index in [0.29, 0.717) is 13.0 Å². The van der Waals surface area contributed by atoms with E-state index in [4.69, 9.17) is 5.11 Å². The van der Waals surface area contributed by atoms with Gasteiger partial charge in [-0.1, -0.05) is 11.8 Å². The highest BCUT2D eigenvalue weighted by Crippen LogP contribution is 2.15. The van der Waals surface area contributed by atoms with Crippen LogP contribution in [0.4, 0.5) is 0 Å². The summed E-state index contributed by atoms with van der Waals surface area (Å²) in [4.78, 5) is 24.5. The van der Waals surface area contributed by atoms with E-state index >= 15 is 0 Å². The number of hydrogen-bond acceptors (Lipinski definition) is 4. The van der Waals surface area contributed by atoms with E-state index < -0.39 is 0 Å². The van der Waals surface area contributed by atoms with E-state index in [1.165, 1.54) is 28.2 Å². The number of aliphatic hydroxyl groups excluding tert-OH is 1. The molecule has 98 valence electrons. The van der Waals surface area contributed by atoms with Crippen molar-refractivity contribution >= 4 is 11.3 Å². The van der Waals surface area contributed by atoms with Gasteiger partial charge in [-0.25, -0.2) is 4.68 Å². The molecule has 0 fully saturated rings. The zero-order valence-corrected chi connectivity index (χ0v) is 10.9. The molecule has 2 N–H and O–H groups in total. The Morgan fingerprint density at radius 2 is 2.11 bits per heavy atom. The lowest BCUT2D eigenvalue weighted by Gasteiger charge is -2.01. The highest BCUT2D eigenvalue weighted by molar-refractivity contribution is 7.12. The monoisotopic (exact) mass is 276 g/mol. The molecule has 0 saturated heterocycles. The summed E-state index contributed by atoms with van der Waals surface area (Å²) in [6.45, 7) is 0.368. The van der Waals surface area contributed by atoms with E-state index in [-0.39, 0.29) is 17.7 Å². The lowest BCUT2D eigenvalue weighted by molar-refractivity contribution is 0.305. The molecule has 0 bridgehead atoms. The first-order valence-electron chi connectivity index (χ1n) is 5.67. The third-order valence-corrected chi connectivity index (χ3v) is 3.30. The number of aliphatic hydroxyl groups is 1. The van der Waals surface area contributed by atoms with Crippen molar-refractivity contribution in [1.82, 2.24) is 9.78 Å². The van der Waals surface area contributed by atoms with Gasteiger partial charge in [0.1, 0.15) is 0 Å². The second-order valence-corrected chi connectivity index (χ2v) is 4.94. The van der Waals surface area contributed by atoms with Crippen LogP contribution in [0.2, 0.25) is 0 Å². The van der Waals surface area contributed by atoms with Gasteiger partial charge in [-0.05, 0) is 12.1 Å². The first-order chi connectivity index (χ1) is 9.19. The van der Waals surface area contributed by atoms with E-state index in [2.05, 4.69) is 16.9 Å². The third-order valence-electron chi connectivity index (χ3n) is 2.31. The summed E-state index contributed by atoms with van der Waals surface area (Å²) in [5.74, 6) is 5.76. The molecule has 2 aromatic rings. The molecule has 0 unspecified atom stereocenters. The molecule has 0 saturated carbocycles. The Labute approximate surface area is 113 Å². The molecule has 0 aromatic carbocycles. The van der Waals surface area contributed by atoms with Gasteiger partial charge in [-0.3, -0.25) is 14.7 Å². The summed E-state index contributed by atoms with van der Waals surface area (Å²) in [5.41, 5.74) is -0.556. The predicted octanol–water partition coefficient (Wildman–Crippen LogP) is 0.380. The molecule has 19 heavy (non-hydrogen) atoms. The van der Waals surface area contributed by atoms with Gasteiger partial charge in [0.25, 0.3) is 11.1 Å². The van der Waals surface area contributed by atoms with Crippen LogP contribution >= 0.6 is 11.3 Å². The average Bonchev–Trinajstić information content (AvgIpc) is 2.82. The molecule has 6 heteroatoms. The highest BCUT2D eigenvalue weighted by Gasteiger charge is 2.01. The van der Waals surface area contributed by atoms with Crippen LogP contribution in [0.25, 0.3) is 0 Å². The molecular formula is C13H12N2O3S. The molecule has 0 aliphatic heterocycles. The number of H-pyrrole nitrogens is 1. The normalized spacial score (nSPS) is 9.95. The number of thiophene rings is 1. The van der Waals surface area contributed by atoms with Crippen molar-refractivity contribution in [2.75, 3.05) is 6.61 Å². The van der Waals surface area contributed by atoms with Crippen molar-refractivity contribution in [2.45, 2.75) is 13.0 Å². The number of nitrogens with zero attached hydrogens (tertiary/aromatic N) is 1. The molecule has 0 atom stereocenters. The zero-order chi connectivity index (χ0) is 13.7. The van der Waals surface area contributed by atoms with Crippen LogP contribution in [-0.2, 0) is 6.54 Å². The number of hydrogen-bond donors (Lipinski definition) is 2. The first kappa shape index (κ1) is 13.3. The minimum Gasteiger partial charge on any atom is -0.395 e. The van der Waals surface area contributed by atoms with Gasteiger partial charge < -0.3 is 5.11 Å². The van der Waals surface area contributed by atoms with Crippen molar-refractivity contribution in [3.05, 3.63) is 54.7 Å². The summed E-state index contributed by atoms with van der Waals surface area (Å²) >= 11 is 1.46. The van der Waals surface area contributed by atoms with Gasteiger partial charge in [0, 0.05) is 23.4 Å². The second kappa shape index (κ2) is 6.18. The fourth-order valence-electron chi connectivity index (χ4n) is 1.47.